The zero-order valence-corrected chi connectivity index (χ0v) is 16.0. The summed E-state index contributed by atoms with van der Waals surface area (Å²) in [6, 6.07) is 14.3. The average molecular weight is 349 g/mol. The number of carbonyl (C=O) groups is 1. The van der Waals surface area contributed by atoms with E-state index in [0.29, 0.717) is 24.8 Å². The minimum Gasteiger partial charge on any atom is -0.511 e. The summed E-state index contributed by atoms with van der Waals surface area (Å²) < 4.78 is 0. The van der Waals surface area contributed by atoms with Crippen molar-refractivity contribution in [2.45, 2.75) is 53.0 Å². The smallest absolute Gasteiger partial charge is 0.168 e. The van der Waals surface area contributed by atoms with Crippen LogP contribution in [0.4, 0.5) is 0 Å². The first-order chi connectivity index (χ1) is 12.3. The fraction of sp³-hybridized carbons (Fsp3) is 0.391. The molecule has 0 atom stereocenters. The van der Waals surface area contributed by atoms with Gasteiger partial charge in [-0.25, -0.2) is 0 Å². The van der Waals surface area contributed by atoms with Gasteiger partial charge >= 0.3 is 0 Å². The lowest BCUT2D eigenvalue weighted by Gasteiger charge is -2.31. The lowest BCUT2D eigenvalue weighted by molar-refractivity contribution is -0.117. The zero-order chi connectivity index (χ0) is 18.9. The lowest BCUT2D eigenvalue weighted by Crippen LogP contribution is -2.33. The monoisotopic (exact) mass is 349 g/mol. The predicted molar refractivity (Wildman–Crippen MR) is 108 cm³/mol. The normalized spacial score (nSPS) is 20.8. The number of benzene rings is 2. The van der Waals surface area contributed by atoms with Crippen molar-refractivity contribution in [1.29, 1.82) is 0 Å². The molecule has 1 aliphatic rings. The van der Waals surface area contributed by atoms with Crippen LogP contribution in [-0.2, 0) is 11.2 Å². The van der Waals surface area contributed by atoms with Gasteiger partial charge in [0.2, 0.25) is 0 Å². The number of carbonyl (C=O) groups excluding carboxylic acids is 1. The summed E-state index contributed by atoms with van der Waals surface area (Å²) in [5, 5.41) is 13.1. The SMILES string of the molecule is CC(C)N=C1CC(C)(C)CC(=O)/C1=C(/O)Cc1cccc2ccccc12. The van der Waals surface area contributed by atoms with Crippen LogP contribution < -0.4 is 0 Å². The molecule has 2 aromatic carbocycles. The second-order valence-electron chi connectivity index (χ2n) is 8.25. The maximum atomic E-state index is 12.8. The van der Waals surface area contributed by atoms with Crippen molar-refractivity contribution in [3.8, 4) is 0 Å². The van der Waals surface area contributed by atoms with Crippen molar-refractivity contribution in [1.82, 2.24) is 0 Å². The Morgan fingerprint density at radius 3 is 2.54 bits per heavy atom. The fourth-order valence-corrected chi connectivity index (χ4v) is 3.75. The maximum absolute atomic E-state index is 12.8. The van der Waals surface area contributed by atoms with Crippen molar-refractivity contribution in [3.05, 3.63) is 59.4 Å². The van der Waals surface area contributed by atoms with Crippen LogP contribution in [0.25, 0.3) is 10.8 Å². The molecule has 3 nitrogen and oxygen atoms in total. The number of fused-ring (bicyclic) bond motifs is 1. The van der Waals surface area contributed by atoms with Crippen molar-refractivity contribution in [2.24, 2.45) is 10.4 Å². The Morgan fingerprint density at radius 1 is 1.12 bits per heavy atom. The number of Topliss-reactive ketones (excluding diaryl/α,β-unsaturated/α-hetero) is 1. The summed E-state index contributed by atoms with van der Waals surface area (Å²) in [4.78, 5) is 17.5. The number of hydrogen-bond acceptors (Lipinski definition) is 3. The van der Waals surface area contributed by atoms with Gasteiger partial charge in [0.1, 0.15) is 5.76 Å². The number of hydrogen-bond donors (Lipinski definition) is 1. The zero-order valence-electron chi connectivity index (χ0n) is 16.0. The highest BCUT2D eigenvalue weighted by Crippen LogP contribution is 2.36. The fourth-order valence-electron chi connectivity index (χ4n) is 3.75. The van der Waals surface area contributed by atoms with Crippen molar-refractivity contribution in [2.75, 3.05) is 0 Å². The second-order valence-corrected chi connectivity index (χ2v) is 8.25. The van der Waals surface area contributed by atoms with Crippen LogP contribution in [0.1, 0.15) is 46.1 Å². The summed E-state index contributed by atoms with van der Waals surface area (Å²) in [6.45, 7) is 8.16. The van der Waals surface area contributed by atoms with Gasteiger partial charge in [-0.05, 0) is 42.0 Å². The van der Waals surface area contributed by atoms with E-state index in [9.17, 15) is 9.90 Å². The molecule has 1 N–H and O–H groups in total. The van der Waals surface area contributed by atoms with Crippen LogP contribution in [-0.4, -0.2) is 22.6 Å². The van der Waals surface area contributed by atoms with Crippen LogP contribution in [0, 0.1) is 5.41 Å². The highest BCUT2D eigenvalue weighted by molar-refractivity contribution is 6.24. The quantitative estimate of drug-likeness (QED) is 0.593. The molecule has 0 aromatic heterocycles. The Balaban J connectivity index is 2.05. The van der Waals surface area contributed by atoms with Crippen LogP contribution >= 0.6 is 0 Å². The number of rotatable bonds is 3. The molecule has 0 radical (unpaired) electrons. The summed E-state index contributed by atoms with van der Waals surface area (Å²) in [7, 11) is 0. The molecular formula is C23H27NO2. The summed E-state index contributed by atoms with van der Waals surface area (Å²) >= 11 is 0. The van der Waals surface area contributed by atoms with Gasteiger partial charge in [0.15, 0.2) is 5.78 Å². The third-order valence-electron chi connectivity index (χ3n) is 4.79. The van der Waals surface area contributed by atoms with Crippen LogP contribution in [0.5, 0.6) is 0 Å². The number of aliphatic hydroxyl groups is 1. The number of aliphatic hydroxyl groups excluding tert-OH is 1. The molecule has 1 saturated carbocycles. The molecule has 26 heavy (non-hydrogen) atoms. The average Bonchev–Trinajstić information content (AvgIpc) is 2.53. The third-order valence-corrected chi connectivity index (χ3v) is 4.79. The molecule has 0 amide bonds. The van der Waals surface area contributed by atoms with E-state index in [1.807, 2.05) is 38.1 Å². The molecule has 3 heteroatoms. The lowest BCUT2D eigenvalue weighted by atomic mass is 9.73. The Hall–Kier alpha value is -2.42. The van der Waals surface area contributed by atoms with E-state index in [4.69, 9.17) is 0 Å². The standard InChI is InChI=1S/C23H27NO2/c1-15(2)24-19-13-23(3,4)14-21(26)22(19)20(25)12-17-10-7-9-16-8-5-6-11-18(16)17/h5-11,15,25H,12-14H2,1-4H3/b22-20+,24-19?. The van der Waals surface area contributed by atoms with E-state index in [0.717, 1.165) is 22.0 Å². The Kier molecular flexibility index (Phi) is 4.99. The molecule has 0 aliphatic heterocycles. The summed E-state index contributed by atoms with van der Waals surface area (Å²) in [6.07, 6.45) is 1.50. The van der Waals surface area contributed by atoms with E-state index in [2.05, 4.69) is 37.0 Å². The Morgan fingerprint density at radius 2 is 1.81 bits per heavy atom. The molecule has 3 rings (SSSR count). The summed E-state index contributed by atoms with van der Waals surface area (Å²) in [5.41, 5.74) is 2.09. The van der Waals surface area contributed by atoms with Gasteiger partial charge < -0.3 is 5.11 Å². The number of aliphatic imine (C=N–C) groups is 1. The number of ketones is 1. The van der Waals surface area contributed by atoms with Crippen LogP contribution in [0.15, 0.2) is 58.8 Å². The summed E-state index contributed by atoms with van der Waals surface area (Å²) in [5.74, 6) is 0.139. The highest BCUT2D eigenvalue weighted by Gasteiger charge is 2.36. The molecule has 0 bridgehead atoms. The minimum atomic E-state index is -0.117. The van der Waals surface area contributed by atoms with Crippen molar-refractivity contribution >= 4 is 22.3 Å². The topological polar surface area (TPSA) is 49.7 Å². The highest BCUT2D eigenvalue weighted by atomic mass is 16.3. The van der Waals surface area contributed by atoms with Gasteiger partial charge in [0.05, 0.1) is 5.57 Å². The van der Waals surface area contributed by atoms with E-state index in [1.165, 1.54) is 0 Å². The van der Waals surface area contributed by atoms with Crippen molar-refractivity contribution in [3.63, 3.8) is 0 Å². The minimum absolute atomic E-state index is 0.00149. The van der Waals surface area contributed by atoms with Gasteiger partial charge in [-0.15, -0.1) is 0 Å². The Labute approximate surface area is 155 Å². The number of nitrogens with zero attached hydrogens (tertiary/aromatic N) is 1. The largest absolute Gasteiger partial charge is 0.511 e. The molecule has 0 spiro atoms. The Bertz CT molecular complexity index is 898. The van der Waals surface area contributed by atoms with Gasteiger partial charge in [-0.3, -0.25) is 9.79 Å². The van der Waals surface area contributed by atoms with Gasteiger partial charge in [-0.1, -0.05) is 56.3 Å². The van der Waals surface area contributed by atoms with Crippen molar-refractivity contribution < 1.29 is 9.90 Å². The first-order valence-electron chi connectivity index (χ1n) is 9.26. The van der Waals surface area contributed by atoms with Gasteiger partial charge in [-0.2, -0.15) is 0 Å². The molecule has 0 saturated heterocycles. The van der Waals surface area contributed by atoms with Gasteiger partial charge in [0, 0.05) is 24.6 Å². The molecule has 0 heterocycles. The molecule has 1 fully saturated rings. The molecule has 136 valence electrons. The maximum Gasteiger partial charge on any atom is 0.168 e. The first-order valence-corrected chi connectivity index (χ1v) is 9.26. The van der Waals surface area contributed by atoms with Crippen LogP contribution in [0.2, 0.25) is 0 Å². The second kappa shape index (κ2) is 7.06. The molecular weight excluding hydrogens is 322 g/mol. The van der Waals surface area contributed by atoms with E-state index in [-0.39, 0.29) is 23.0 Å². The van der Waals surface area contributed by atoms with E-state index >= 15 is 0 Å². The number of allylic oxidation sites excluding steroid dienone is 2. The molecule has 2 aromatic rings. The third kappa shape index (κ3) is 3.87. The predicted octanol–water partition coefficient (Wildman–Crippen LogP) is 5.43. The molecule has 0 unspecified atom stereocenters. The first kappa shape index (κ1) is 18.4. The van der Waals surface area contributed by atoms with Crippen LogP contribution in [0.3, 0.4) is 0 Å². The van der Waals surface area contributed by atoms with Gasteiger partial charge in [0.25, 0.3) is 0 Å². The molecule has 1 aliphatic carbocycles. The van der Waals surface area contributed by atoms with E-state index in [1.54, 1.807) is 0 Å². The van der Waals surface area contributed by atoms with E-state index < -0.39 is 0 Å².